The molecule has 1 aliphatic rings. The van der Waals surface area contributed by atoms with Crippen molar-refractivity contribution in [3.05, 3.63) is 75.7 Å². The van der Waals surface area contributed by atoms with E-state index in [0.717, 1.165) is 24.2 Å². The van der Waals surface area contributed by atoms with Gasteiger partial charge in [-0.25, -0.2) is 4.39 Å². The van der Waals surface area contributed by atoms with Crippen LogP contribution in [0.2, 0.25) is 0 Å². The Hall–Kier alpha value is -3.46. The standard InChI is InChI=1S/C23H20FN3O2/c1-14-9-18(10-15(2)26-14)29-22-6-5-17(11-21(22)24)19-7-8-27(13-16-3-4-16)23(28)20(19)12-25/h5-11,16H,3-4,13H2,1-2H3. The minimum Gasteiger partial charge on any atom is -0.454 e. The summed E-state index contributed by atoms with van der Waals surface area (Å²) in [5.74, 6) is 0.515. The Morgan fingerprint density at radius 3 is 2.55 bits per heavy atom. The quantitative estimate of drug-likeness (QED) is 0.632. The van der Waals surface area contributed by atoms with Crippen molar-refractivity contribution in [2.45, 2.75) is 33.2 Å². The van der Waals surface area contributed by atoms with Crippen molar-refractivity contribution >= 4 is 0 Å². The third-order valence-corrected chi connectivity index (χ3v) is 4.95. The van der Waals surface area contributed by atoms with Crippen LogP contribution < -0.4 is 10.3 Å². The zero-order chi connectivity index (χ0) is 20.5. The lowest BCUT2D eigenvalue weighted by Crippen LogP contribution is -2.23. The summed E-state index contributed by atoms with van der Waals surface area (Å²) < 4.78 is 21.9. The molecule has 0 N–H and O–H groups in total. The Labute approximate surface area is 168 Å². The van der Waals surface area contributed by atoms with E-state index in [-0.39, 0.29) is 16.9 Å². The normalized spacial score (nSPS) is 13.2. The summed E-state index contributed by atoms with van der Waals surface area (Å²) in [6.07, 6.45) is 3.90. The van der Waals surface area contributed by atoms with Gasteiger partial charge in [0.05, 0.1) is 0 Å². The molecule has 0 spiro atoms. The Kier molecular flexibility index (Phi) is 4.89. The number of nitrogens with zero attached hydrogens (tertiary/aromatic N) is 3. The molecule has 0 bridgehead atoms. The van der Waals surface area contributed by atoms with Crippen LogP contribution in [-0.4, -0.2) is 9.55 Å². The van der Waals surface area contributed by atoms with Crippen LogP contribution >= 0.6 is 0 Å². The van der Waals surface area contributed by atoms with Crippen LogP contribution in [-0.2, 0) is 6.54 Å². The lowest BCUT2D eigenvalue weighted by Gasteiger charge is -2.12. The Bertz CT molecular complexity index is 1170. The van der Waals surface area contributed by atoms with Gasteiger partial charge in [0.2, 0.25) is 0 Å². The first-order valence-corrected chi connectivity index (χ1v) is 9.51. The molecule has 2 heterocycles. The molecule has 29 heavy (non-hydrogen) atoms. The Morgan fingerprint density at radius 2 is 1.93 bits per heavy atom. The topological polar surface area (TPSA) is 67.9 Å². The van der Waals surface area contributed by atoms with Gasteiger partial charge in [0.15, 0.2) is 11.6 Å². The van der Waals surface area contributed by atoms with E-state index in [4.69, 9.17) is 4.74 Å². The molecule has 146 valence electrons. The van der Waals surface area contributed by atoms with Crippen molar-refractivity contribution in [1.82, 2.24) is 9.55 Å². The molecular formula is C23H20FN3O2. The van der Waals surface area contributed by atoms with Crippen LogP contribution in [0.15, 0.2) is 47.4 Å². The van der Waals surface area contributed by atoms with Gasteiger partial charge in [0.1, 0.15) is 17.4 Å². The second kappa shape index (κ2) is 7.51. The summed E-state index contributed by atoms with van der Waals surface area (Å²) in [7, 11) is 0. The van der Waals surface area contributed by atoms with Gasteiger partial charge >= 0.3 is 0 Å². The predicted octanol–water partition coefficient (Wildman–Crippen LogP) is 4.74. The van der Waals surface area contributed by atoms with Crippen molar-refractivity contribution < 1.29 is 9.13 Å². The second-order valence-electron chi connectivity index (χ2n) is 7.45. The molecule has 0 atom stereocenters. The summed E-state index contributed by atoms with van der Waals surface area (Å²) >= 11 is 0. The molecule has 1 fully saturated rings. The third-order valence-electron chi connectivity index (χ3n) is 4.95. The van der Waals surface area contributed by atoms with Gasteiger partial charge in [-0.2, -0.15) is 5.26 Å². The number of rotatable bonds is 5. The van der Waals surface area contributed by atoms with Gasteiger partial charge in [-0.15, -0.1) is 0 Å². The zero-order valence-corrected chi connectivity index (χ0v) is 16.3. The number of pyridine rings is 2. The number of hydrogen-bond acceptors (Lipinski definition) is 4. The van der Waals surface area contributed by atoms with Crippen molar-refractivity contribution in [3.63, 3.8) is 0 Å². The van der Waals surface area contributed by atoms with Gasteiger partial charge in [-0.05, 0) is 56.4 Å². The highest BCUT2D eigenvalue weighted by atomic mass is 19.1. The predicted molar refractivity (Wildman–Crippen MR) is 107 cm³/mol. The van der Waals surface area contributed by atoms with Gasteiger partial charge in [-0.1, -0.05) is 6.07 Å². The third kappa shape index (κ3) is 4.04. The fourth-order valence-electron chi connectivity index (χ4n) is 3.38. The van der Waals surface area contributed by atoms with Crippen LogP contribution in [0, 0.1) is 36.9 Å². The number of aromatic nitrogens is 2. The van der Waals surface area contributed by atoms with Gasteiger partial charge in [0, 0.05) is 41.8 Å². The van der Waals surface area contributed by atoms with E-state index < -0.39 is 5.82 Å². The molecule has 1 aromatic carbocycles. The fourth-order valence-corrected chi connectivity index (χ4v) is 3.38. The van der Waals surface area contributed by atoms with E-state index >= 15 is 0 Å². The molecule has 0 saturated heterocycles. The summed E-state index contributed by atoms with van der Waals surface area (Å²) in [4.78, 5) is 16.9. The molecule has 4 rings (SSSR count). The van der Waals surface area contributed by atoms with E-state index in [2.05, 4.69) is 4.98 Å². The van der Waals surface area contributed by atoms with Gasteiger partial charge in [-0.3, -0.25) is 9.78 Å². The summed E-state index contributed by atoms with van der Waals surface area (Å²) in [5, 5.41) is 9.52. The monoisotopic (exact) mass is 389 g/mol. The van der Waals surface area contributed by atoms with E-state index in [9.17, 15) is 14.4 Å². The molecule has 3 aromatic rings. The van der Waals surface area contributed by atoms with Crippen molar-refractivity contribution in [2.24, 2.45) is 5.92 Å². The average molecular weight is 389 g/mol. The van der Waals surface area contributed by atoms with Crippen LogP contribution in [0.1, 0.15) is 29.8 Å². The van der Waals surface area contributed by atoms with E-state index in [1.165, 1.54) is 12.1 Å². The molecule has 1 aliphatic carbocycles. The number of nitriles is 1. The van der Waals surface area contributed by atoms with Crippen molar-refractivity contribution in [1.29, 1.82) is 5.26 Å². The smallest absolute Gasteiger partial charge is 0.269 e. The van der Waals surface area contributed by atoms with Crippen molar-refractivity contribution in [3.8, 4) is 28.7 Å². The highest BCUT2D eigenvalue weighted by Gasteiger charge is 2.23. The average Bonchev–Trinajstić information content (AvgIpc) is 3.48. The largest absolute Gasteiger partial charge is 0.454 e. The molecule has 0 unspecified atom stereocenters. The summed E-state index contributed by atoms with van der Waals surface area (Å²) in [6, 6.07) is 11.6. The molecule has 6 heteroatoms. The first-order chi connectivity index (χ1) is 13.9. The maximum absolute atomic E-state index is 14.7. The highest BCUT2D eigenvalue weighted by molar-refractivity contribution is 5.70. The molecule has 2 aromatic heterocycles. The maximum atomic E-state index is 14.7. The summed E-state index contributed by atoms with van der Waals surface area (Å²) in [6.45, 7) is 4.31. The molecular weight excluding hydrogens is 369 g/mol. The molecule has 0 amide bonds. The SMILES string of the molecule is Cc1cc(Oc2ccc(-c3ccn(CC4CC4)c(=O)c3C#N)cc2F)cc(C)n1. The number of hydrogen-bond donors (Lipinski definition) is 0. The van der Waals surface area contributed by atoms with Gasteiger partial charge < -0.3 is 9.30 Å². The molecule has 0 radical (unpaired) electrons. The maximum Gasteiger partial charge on any atom is 0.269 e. The van der Waals surface area contributed by atoms with Crippen LogP contribution in [0.25, 0.3) is 11.1 Å². The molecule has 5 nitrogen and oxygen atoms in total. The van der Waals surface area contributed by atoms with Crippen molar-refractivity contribution in [2.75, 3.05) is 0 Å². The number of halogens is 1. The Balaban J connectivity index is 1.66. The lowest BCUT2D eigenvalue weighted by molar-refractivity contribution is 0.441. The first kappa shape index (κ1) is 18.9. The zero-order valence-electron chi connectivity index (χ0n) is 16.3. The fraction of sp³-hybridized carbons (Fsp3) is 0.261. The minimum atomic E-state index is -0.569. The Morgan fingerprint density at radius 1 is 1.21 bits per heavy atom. The van der Waals surface area contributed by atoms with Crippen LogP contribution in [0.4, 0.5) is 4.39 Å². The number of ether oxygens (including phenoxy) is 1. The number of aryl methyl sites for hydroxylation is 2. The van der Waals surface area contributed by atoms with E-state index in [1.54, 1.807) is 35.0 Å². The second-order valence-corrected chi connectivity index (χ2v) is 7.45. The van der Waals surface area contributed by atoms with E-state index in [0.29, 0.717) is 29.3 Å². The molecule has 0 aliphatic heterocycles. The summed E-state index contributed by atoms with van der Waals surface area (Å²) in [5.41, 5.74) is 2.14. The van der Waals surface area contributed by atoms with Gasteiger partial charge in [0.25, 0.3) is 5.56 Å². The number of benzene rings is 1. The van der Waals surface area contributed by atoms with E-state index in [1.807, 2.05) is 19.9 Å². The lowest BCUT2D eigenvalue weighted by atomic mass is 10.0. The van der Waals surface area contributed by atoms with Crippen LogP contribution in [0.5, 0.6) is 11.5 Å². The highest BCUT2D eigenvalue weighted by Crippen LogP contribution is 2.32. The first-order valence-electron chi connectivity index (χ1n) is 9.51. The molecule has 1 saturated carbocycles. The van der Waals surface area contributed by atoms with Crippen LogP contribution in [0.3, 0.4) is 0 Å². The minimum absolute atomic E-state index is 0.0293.